The van der Waals surface area contributed by atoms with Crippen molar-refractivity contribution in [1.29, 1.82) is 0 Å². The standard InChI is InChI=1S/C11H11Br2N3OS/c1-2-16-10(14-15-11(16)18)6-17-9-4-3-7(12)5-8(9)13/h3-5H,2,6H2,1H3,(H,15,18). The highest BCUT2D eigenvalue weighted by molar-refractivity contribution is 9.11. The van der Waals surface area contributed by atoms with Crippen molar-refractivity contribution in [3.63, 3.8) is 0 Å². The molecule has 0 aliphatic rings. The lowest BCUT2D eigenvalue weighted by Gasteiger charge is -2.08. The van der Waals surface area contributed by atoms with E-state index in [1.54, 1.807) is 0 Å². The van der Waals surface area contributed by atoms with Crippen LogP contribution in [0.2, 0.25) is 0 Å². The van der Waals surface area contributed by atoms with Crippen molar-refractivity contribution in [2.75, 3.05) is 0 Å². The molecule has 1 aromatic carbocycles. The Morgan fingerprint density at radius 2 is 2.22 bits per heavy atom. The number of aromatic amines is 1. The zero-order valence-electron chi connectivity index (χ0n) is 9.61. The van der Waals surface area contributed by atoms with Crippen LogP contribution >= 0.6 is 44.1 Å². The maximum absolute atomic E-state index is 5.72. The normalized spacial score (nSPS) is 10.6. The molecule has 18 heavy (non-hydrogen) atoms. The number of hydrogen-bond acceptors (Lipinski definition) is 3. The Balaban J connectivity index is 2.14. The van der Waals surface area contributed by atoms with Gasteiger partial charge in [-0.25, -0.2) is 0 Å². The Morgan fingerprint density at radius 1 is 1.44 bits per heavy atom. The number of nitrogens with one attached hydrogen (secondary N) is 1. The first-order valence-corrected chi connectivity index (χ1v) is 7.33. The van der Waals surface area contributed by atoms with Gasteiger partial charge in [-0.15, -0.1) is 0 Å². The second-order valence-corrected chi connectivity index (χ2v) is 5.71. The Bertz CT molecular complexity index is 609. The third kappa shape index (κ3) is 3.02. The molecule has 0 spiro atoms. The minimum absolute atomic E-state index is 0.376. The fourth-order valence-corrected chi connectivity index (χ4v) is 2.96. The van der Waals surface area contributed by atoms with E-state index in [9.17, 15) is 0 Å². The summed E-state index contributed by atoms with van der Waals surface area (Å²) in [7, 11) is 0. The van der Waals surface area contributed by atoms with E-state index >= 15 is 0 Å². The molecular weight excluding hydrogens is 382 g/mol. The van der Waals surface area contributed by atoms with Gasteiger partial charge in [-0.3, -0.25) is 5.10 Å². The second kappa shape index (κ2) is 5.99. The molecule has 0 bridgehead atoms. The van der Waals surface area contributed by atoms with Crippen LogP contribution in [0.15, 0.2) is 27.1 Å². The Kier molecular flexibility index (Phi) is 4.58. The first kappa shape index (κ1) is 13.8. The topological polar surface area (TPSA) is 42.8 Å². The molecule has 1 aromatic heterocycles. The number of halogens is 2. The van der Waals surface area contributed by atoms with E-state index < -0.39 is 0 Å². The summed E-state index contributed by atoms with van der Waals surface area (Å²) in [6.45, 7) is 3.17. The summed E-state index contributed by atoms with van der Waals surface area (Å²) < 4.78 is 10.1. The molecule has 0 amide bonds. The molecule has 0 saturated heterocycles. The van der Waals surface area contributed by atoms with Gasteiger partial charge in [-0.1, -0.05) is 15.9 Å². The van der Waals surface area contributed by atoms with Crippen molar-refractivity contribution < 1.29 is 4.74 Å². The monoisotopic (exact) mass is 391 g/mol. The molecule has 0 unspecified atom stereocenters. The van der Waals surface area contributed by atoms with Crippen molar-refractivity contribution in [2.45, 2.75) is 20.1 Å². The number of hydrogen-bond donors (Lipinski definition) is 1. The third-order valence-corrected chi connectivity index (χ3v) is 3.83. The maximum atomic E-state index is 5.72. The number of rotatable bonds is 4. The second-order valence-electron chi connectivity index (χ2n) is 3.55. The molecule has 2 rings (SSSR count). The van der Waals surface area contributed by atoms with E-state index in [-0.39, 0.29) is 0 Å². The van der Waals surface area contributed by atoms with Gasteiger partial charge < -0.3 is 9.30 Å². The van der Waals surface area contributed by atoms with E-state index in [2.05, 4.69) is 42.1 Å². The largest absolute Gasteiger partial charge is 0.484 e. The summed E-state index contributed by atoms with van der Waals surface area (Å²) >= 11 is 12.0. The van der Waals surface area contributed by atoms with Gasteiger partial charge in [0.05, 0.1) is 4.47 Å². The first-order valence-electron chi connectivity index (χ1n) is 5.33. The zero-order valence-corrected chi connectivity index (χ0v) is 13.6. The zero-order chi connectivity index (χ0) is 13.1. The molecule has 0 saturated carbocycles. The van der Waals surface area contributed by atoms with Gasteiger partial charge in [-0.2, -0.15) is 5.10 Å². The Hall–Kier alpha value is -0.660. The van der Waals surface area contributed by atoms with Gasteiger partial charge in [0, 0.05) is 11.0 Å². The molecule has 4 nitrogen and oxygen atoms in total. The molecule has 0 fully saturated rings. The highest BCUT2D eigenvalue weighted by atomic mass is 79.9. The summed E-state index contributed by atoms with van der Waals surface area (Å²) in [5.41, 5.74) is 0. The van der Waals surface area contributed by atoms with Crippen LogP contribution < -0.4 is 4.74 Å². The van der Waals surface area contributed by atoms with Crippen LogP contribution in [0.5, 0.6) is 5.75 Å². The highest BCUT2D eigenvalue weighted by Crippen LogP contribution is 2.28. The lowest BCUT2D eigenvalue weighted by atomic mass is 10.3. The summed E-state index contributed by atoms with van der Waals surface area (Å²) in [4.78, 5) is 0. The minimum Gasteiger partial charge on any atom is -0.484 e. The number of benzene rings is 1. The predicted molar refractivity (Wildman–Crippen MR) is 79.3 cm³/mol. The van der Waals surface area contributed by atoms with Crippen molar-refractivity contribution >= 4 is 44.1 Å². The highest BCUT2D eigenvalue weighted by Gasteiger charge is 2.07. The van der Waals surface area contributed by atoms with E-state index in [0.29, 0.717) is 11.4 Å². The van der Waals surface area contributed by atoms with Gasteiger partial charge in [0.2, 0.25) is 0 Å². The Morgan fingerprint density at radius 3 is 2.89 bits per heavy atom. The lowest BCUT2D eigenvalue weighted by Crippen LogP contribution is -2.06. The third-order valence-electron chi connectivity index (χ3n) is 2.40. The van der Waals surface area contributed by atoms with Crippen molar-refractivity contribution in [3.05, 3.63) is 37.7 Å². The fraction of sp³-hybridized carbons (Fsp3) is 0.273. The smallest absolute Gasteiger partial charge is 0.195 e. The number of aromatic nitrogens is 3. The first-order chi connectivity index (χ1) is 8.61. The molecule has 0 aliphatic heterocycles. The van der Waals surface area contributed by atoms with Crippen LogP contribution in [-0.2, 0) is 13.2 Å². The van der Waals surface area contributed by atoms with E-state index in [0.717, 1.165) is 27.1 Å². The van der Waals surface area contributed by atoms with Crippen LogP contribution in [-0.4, -0.2) is 14.8 Å². The molecule has 1 N–H and O–H groups in total. The van der Waals surface area contributed by atoms with Crippen LogP contribution in [0.1, 0.15) is 12.7 Å². The summed E-state index contributed by atoms with van der Waals surface area (Å²) in [5.74, 6) is 1.56. The van der Waals surface area contributed by atoms with E-state index in [4.69, 9.17) is 17.0 Å². The fourth-order valence-electron chi connectivity index (χ4n) is 1.52. The van der Waals surface area contributed by atoms with Gasteiger partial charge in [0.25, 0.3) is 0 Å². The maximum Gasteiger partial charge on any atom is 0.195 e. The lowest BCUT2D eigenvalue weighted by molar-refractivity contribution is 0.287. The van der Waals surface area contributed by atoms with Gasteiger partial charge in [-0.05, 0) is 53.3 Å². The quantitative estimate of drug-likeness (QED) is 0.797. The van der Waals surface area contributed by atoms with Crippen molar-refractivity contribution in [2.24, 2.45) is 0 Å². The van der Waals surface area contributed by atoms with E-state index in [1.807, 2.05) is 29.7 Å². The Labute approximate surface area is 127 Å². The molecule has 0 atom stereocenters. The van der Waals surface area contributed by atoms with Crippen molar-refractivity contribution in [1.82, 2.24) is 14.8 Å². The number of H-pyrrole nitrogens is 1. The summed E-state index contributed by atoms with van der Waals surface area (Å²) in [5, 5.41) is 6.91. The van der Waals surface area contributed by atoms with Crippen molar-refractivity contribution in [3.8, 4) is 5.75 Å². The molecule has 0 aliphatic carbocycles. The van der Waals surface area contributed by atoms with Crippen LogP contribution in [0.4, 0.5) is 0 Å². The number of ether oxygens (including phenoxy) is 1. The molecule has 2 aromatic rings. The van der Waals surface area contributed by atoms with Crippen LogP contribution in [0, 0.1) is 4.77 Å². The predicted octanol–water partition coefficient (Wildman–Crippen LogP) is 4.06. The summed E-state index contributed by atoms with van der Waals surface area (Å²) in [6.07, 6.45) is 0. The molecule has 96 valence electrons. The van der Waals surface area contributed by atoms with Gasteiger partial charge in [0.15, 0.2) is 10.6 Å². The average Bonchev–Trinajstić information content (AvgIpc) is 2.69. The van der Waals surface area contributed by atoms with Gasteiger partial charge in [0.1, 0.15) is 12.4 Å². The van der Waals surface area contributed by atoms with Crippen LogP contribution in [0.25, 0.3) is 0 Å². The van der Waals surface area contributed by atoms with Gasteiger partial charge >= 0.3 is 0 Å². The summed E-state index contributed by atoms with van der Waals surface area (Å²) in [6, 6.07) is 5.76. The SMILES string of the molecule is CCn1c(COc2ccc(Br)cc2Br)n[nH]c1=S. The average molecular weight is 393 g/mol. The molecule has 1 heterocycles. The molecule has 7 heteroatoms. The molecular formula is C11H11Br2N3OS. The van der Waals surface area contributed by atoms with E-state index in [1.165, 1.54) is 0 Å². The molecule has 0 radical (unpaired) electrons. The minimum atomic E-state index is 0.376. The van der Waals surface area contributed by atoms with Crippen LogP contribution in [0.3, 0.4) is 0 Å². The number of nitrogens with zero attached hydrogens (tertiary/aromatic N) is 2.